The fourth-order valence-corrected chi connectivity index (χ4v) is 2.01. The standard InChI is InChI=1S/C13H25N3O3/c1-13(2,14)5-4-11(17)15-6-8-16(9-7-15)12(18)10-19-3/h4-10,14H2,1-3H3. The van der Waals surface area contributed by atoms with Crippen molar-refractivity contribution in [3.63, 3.8) is 0 Å². The van der Waals surface area contributed by atoms with Crippen LogP contribution in [0.25, 0.3) is 0 Å². The Balaban J connectivity index is 2.33. The van der Waals surface area contributed by atoms with Gasteiger partial charge in [-0.05, 0) is 20.3 Å². The topological polar surface area (TPSA) is 75.9 Å². The summed E-state index contributed by atoms with van der Waals surface area (Å²) in [6.45, 7) is 6.30. The molecule has 1 heterocycles. The molecule has 19 heavy (non-hydrogen) atoms. The summed E-state index contributed by atoms with van der Waals surface area (Å²) < 4.78 is 4.82. The molecule has 110 valence electrons. The average Bonchev–Trinajstić information content (AvgIpc) is 2.35. The molecule has 0 aromatic rings. The van der Waals surface area contributed by atoms with Crippen LogP contribution in [0.3, 0.4) is 0 Å². The molecule has 2 amide bonds. The van der Waals surface area contributed by atoms with Crippen molar-refractivity contribution < 1.29 is 14.3 Å². The number of nitrogens with zero attached hydrogens (tertiary/aromatic N) is 2. The molecule has 0 aromatic carbocycles. The van der Waals surface area contributed by atoms with E-state index in [2.05, 4.69) is 0 Å². The normalized spacial score (nSPS) is 16.6. The van der Waals surface area contributed by atoms with E-state index < -0.39 is 0 Å². The van der Waals surface area contributed by atoms with Crippen LogP contribution in [0.2, 0.25) is 0 Å². The Morgan fingerprint density at radius 1 is 1.11 bits per heavy atom. The quantitative estimate of drug-likeness (QED) is 0.752. The van der Waals surface area contributed by atoms with Gasteiger partial charge in [-0.25, -0.2) is 0 Å². The monoisotopic (exact) mass is 271 g/mol. The van der Waals surface area contributed by atoms with Gasteiger partial charge in [0.1, 0.15) is 6.61 Å². The van der Waals surface area contributed by atoms with Gasteiger partial charge in [0.25, 0.3) is 0 Å². The van der Waals surface area contributed by atoms with Crippen molar-refractivity contribution in [2.45, 2.75) is 32.2 Å². The van der Waals surface area contributed by atoms with Crippen LogP contribution >= 0.6 is 0 Å². The fourth-order valence-electron chi connectivity index (χ4n) is 2.01. The van der Waals surface area contributed by atoms with E-state index in [4.69, 9.17) is 10.5 Å². The minimum atomic E-state index is -0.314. The lowest BCUT2D eigenvalue weighted by atomic mass is 9.99. The summed E-state index contributed by atoms with van der Waals surface area (Å²) in [6.07, 6.45) is 1.14. The van der Waals surface area contributed by atoms with E-state index in [1.807, 2.05) is 18.7 Å². The molecule has 0 aliphatic carbocycles. The van der Waals surface area contributed by atoms with E-state index in [0.717, 1.165) is 0 Å². The number of carbonyl (C=O) groups is 2. The molecule has 0 bridgehead atoms. The number of hydrogen-bond donors (Lipinski definition) is 1. The van der Waals surface area contributed by atoms with Gasteiger partial charge in [0.2, 0.25) is 11.8 Å². The molecule has 0 saturated carbocycles. The Bertz CT molecular complexity index is 318. The second kappa shape index (κ2) is 6.86. The zero-order valence-corrected chi connectivity index (χ0v) is 12.1. The molecule has 1 fully saturated rings. The van der Waals surface area contributed by atoms with Crippen molar-refractivity contribution in [2.24, 2.45) is 5.73 Å². The lowest BCUT2D eigenvalue weighted by molar-refractivity contribution is -0.141. The Morgan fingerprint density at radius 2 is 1.58 bits per heavy atom. The second-order valence-electron chi connectivity index (χ2n) is 5.68. The van der Waals surface area contributed by atoms with Gasteiger partial charge in [-0.15, -0.1) is 0 Å². The van der Waals surface area contributed by atoms with Gasteiger partial charge in [-0.1, -0.05) is 0 Å². The van der Waals surface area contributed by atoms with Crippen molar-refractivity contribution in [3.05, 3.63) is 0 Å². The maximum absolute atomic E-state index is 12.0. The largest absolute Gasteiger partial charge is 0.375 e. The van der Waals surface area contributed by atoms with Gasteiger partial charge in [-0.3, -0.25) is 9.59 Å². The lowest BCUT2D eigenvalue weighted by Crippen LogP contribution is -2.51. The first-order valence-corrected chi connectivity index (χ1v) is 6.67. The Labute approximate surface area is 114 Å². The van der Waals surface area contributed by atoms with Crippen molar-refractivity contribution in [2.75, 3.05) is 39.9 Å². The number of nitrogens with two attached hydrogens (primary N) is 1. The summed E-state index contributed by atoms with van der Waals surface area (Å²) in [5.41, 5.74) is 5.56. The van der Waals surface area contributed by atoms with Crippen molar-refractivity contribution in [3.8, 4) is 0 Å². The predicted molar refractivity (Wildman–Crippen MR) is 72.5 cm³/mol. The molecule has 1 aliphatic heterocycles. The average molecular weight is 271 g/mol. The maximum Gasteiger partial charge on any atom is 0.248 e. The molecule has 6 heteroatoms. The van der Waals surface area contributed by atoms with Crippen molar-refractivity contribution in [1.82, 2.24) is 9.80 Å². The second-order valence-corrected chi connectivity index (χ2v) is 5.68. The van der Waals surface area contributed by atoms with Gasteiger partial charge in [0, 0.05) is 45.2 Å². The summed E-state index contributed by atoms with van der Waals surface area (Å²) in [4.78, 5) is 27.1. The van der Waals surface area contributed by atoms with E-state index in [1.54, 1.807) is 4.90 Å². The molecule has 0 aromatic heterocycles. The predicted octanol–water partition coefficient (Wildman–Crippen LogP) is -0.179. The van der Waals surface area contributed by atoms with Crippen LogP contribution < -0.4 is 5.73 Å². The Hall–Kier alpha value is -1.14. The fraction of sp³-hybridized carbons (Fsp3) is 0.846. The number of carbonyl (C=O) groups excluding carboxylic acids is 2. The zero-order chi connectivity index (χ0) is 14.5. The minimum absolute atomic E-state index is 0.0160. The molecule has 2 N–H and O–H groups in total. The van der Waals surface area contributed by atoms with Crippen LogP contribution in [0, 0.1) is 0 Å². The third kappa shape index (κ3) is 5.57. The third-order valence-corrected chi connectivity index (χ3v) is 3.24. The van der Waals surface area contributed by atoms with Gasteiger partial charge in [0.15, 0.2) is 0 Å². The van der Waals surface area contributed by atoms with Crippen LogP contribution in [0.4, 0.5) is 0 Å². The molecule has 0 atom stereocenters. The molecule has 0 radical (unpaired) electrons. The Kier molecular flexibility index (Phi) is 5.75. The number of ether oxygens (including phenoxy) is 1. The molecule has 1 aliphatic rings. The van der Waals surface area contributed by atoms with Gasteiger partial charge in [0.05, 0.1) is 0 Å². The number of rotatable bonds is 5. The first-order chi connectivity index (χ1) is 8.83. The van der Waals surface area contributed by atoms with Crippen molar-refractivity contribution >= 4 is 11.8 Å². The number of piperazine rings is 1. The summed E-state index contributed by atoms with van der Waals surface area (Å²) in [7, 11) is 1.51. The highest BCUT2D eigenvalue weighted by atomic mass is 16.5. The van der Waals surface area contributed by atoms with E-state index in [9.17, 15) is 9.59 Å². The van der Waals surface area contributed by atoms with Crippen LogP contribution in [-0.4, -0.2) is 67.0 Å². The molecule has 1 rings (SSSR count). The number of hydrogen-bond acceptors (Lipinski definition) is 4. The molecule has 0 unspecified atom stereocenters. The van der Waals surface area contributed by atoms with E-state index in [1.165, 1.54) is 7.11 Å². The molecule has 1 saturated heterocycles. The first kappa shape index (κ1) is 15.9. The number of amides is 2. The smallest absolute Gasteiger partial charge is 0.248 e. The summed E-state index contributed by atoms with van der Waals surface area (Å²) in [6, 6.07) is 0. The highest BCUT2D eigenvalue weighted by Crippen LogP contribution is 2.11. The van der Waals surface area contributed by atoms with Gasteiger partial charge < -0.3 is 20.3 Å². The molecular formula is C13H25N3O3. The molecule has 0 spiro atoms. The van der Waals surface area contributed by atoms with E-state index >= 15 is 0 Å². The zero-order valence-electron chi connectivity index (χ0n) is 12.1. The Morgan fingerprint density at radius 3 is 2.00 bits per heavy atom. The van der Waals surface area contributed by atoms with Crippen LogP contribution in [0.5, 0.6) is 0 Å². The summed E-state index contributed by atoms with van der Waals surface area (Å²) >= 11 is 0. The van der Waals surface area contributed by atoms with Crippen LogP contribution in [0.15, 0.2) is 0 Å². The van der Waals surface area contributed by atoms with Crippen LogP contribution in [0.1, 0.15) is 26.7 Å². The highest BCUT2D eigenvalue weighted by molar-refractivity contribution is 5.79. The van der Waals surface area contributed by atoms with E-state index in [-0.39, 0.29) is 24.0 Å². The van der Waals surface area contributed by atoms with Gasteiger partial charge >= 0.3 is 0 Å². The highest BCUT2D eigenvalue weighted by Gasteiger charge is 2.24. The van der Waals surface area contributed by atoms with E-state index in [0.29, 0.717) is 39.0 Å². The lowest BCUT2D eigenvalue weighted by Gasteiger charge is -2.35. The summed E-state index contributed by atoms with van der Waals surface area (Å²) in [5, 5.41) is 0. The molecule has 6 nitrogen and oxygen atoms in total. The summed E-state index contributed by atoms with van der Waals surface area (Å²) in [5.74, 6) is 0.107. The third-order valence-electron chi connectivity index (χ3n) is 3.24. The first-order valence-electron chi connectivity index (χ1n) is 6.67. The molecular weight excluding hydrogens is 246 g/mol. The van der Waals surface area contributed by atoms with Crippen LogP contribution in [-0.2, 0) is 14.3 Å². The van der Waals surface area contributed by atoms with Gasteiger partial charge in [-0.2, -0.15) is 0 Å². The van der Waals surface area contributed by atoms with Crippen molar-refractivity contribution in [1.29, 1.82) is 0 Å². The minimum Gasteiger partial charge on any atom is -0.375 e. The maximum atomic E-state index is 12.0. The number of methoxy groups -OCH3 is 1. The SMILES string of the molecule is COCC(=O)N1CCN(C(=O)CCC(C)(C)N)CC1.